The molecule has 2 N–H and O–H groups in total. The molecule has 0 saturated heterocycles. The molecule has 0 saturated carbocycles. The van der Waals surface area contributed by atoms with Crippen molar-refractivity contribution in [1.82, 2.24) is 20.0 Å². The first-order valence-corrected chi connectivity index (χ1v) is 7.97. The summed E-state index contributed by atoms with van der Waals surface area (Å²) >= 11 is 0. The number of aromatic nitrogens is 4. The standard InChI is InChI=1S/C17H19N5O/c1-3-13-14-15(19-20-16(14)22(2)21-13)18-17(23)12-9-8-10-6-4-5-7-11(10)12/h4-7,12H,3,8-9H2,1-2H3,(H2,18,19,20,23). The number of benzene rings is 1. The van der Waals surface area contributed by atoms with Crippen molar-refractivity contribution in [3.63, 3.8) is 0 Å². The third-order valence-corrected chi connectivity index (χ3v) is 4.65. The number of carbonyl (C=O) groups is 1. The fourth-order valence-electron chi connectivity index (χ4n) is 3.50. The van der Waals surface area contributed by atoms with E-state index in [-0.39, 0.29) is 11.8 Å². The molecule has 3 aromatic rings. The van der Waals surface area contributed by atoms with Gasteiger partial charge in [0.05, 0.1) is 17.0 Å². The molecule has 1 unspecified atom stereocenters. The van der Waals surface area contributed by atoms with Crippen LogP contribution in [0.4, 0.5) is 5.82 Å². The summed E-state index contributed by atoms with van der Waals surface area (Å²) in [7, 11) is 1.86. The molecule has 0 aliphatic heterocycles. The normalized spacial score (nSPS) is 16.7. The molecule has 2 aromatic heterocycles. The van der Waals surface area contributed by atoms with E-state index in [1.165, 1.54) is 5.56 Å². The Hall–Kier alpha value is -2.63. The van der Waals surface area contributed by atoms with E-state index in [0.29, 0.717) is 5.82 Å². The summed E-state index contributed by atoms with van der Waals surface area (Å²) in [6, 6.07) is 8.18. The van der Waals surface area contributed by atoms with E-state index in [9.17, 15) is 4.79 Å². The zero-order chi connectivity index (χ0) is 16.0. The Balaban J connectivity index is 1.65. The van der Waals surface area contributed by atoms with Crippen molar-refractivity contribution in [3.8, 4) is 0 Å². The number of hydrogen-bond donors (Lipinski definition) is 2. The third-order valence-electron chi connectivity index (χ3n) is 4.65. The summed E-state index contributed by atoms with van der Waals surface area (Å²) in [6.45, 7) is 2.05. The zero-order valence-electron chi connectivity index (χ0n) is 13.3. The molecule has 6 heteroatoms. The van der Waals surface area contributed by atoms with Crippen molar-refractivity contribution >= 4 is 22.8 Å². The minimum atomic E-state index is -0.0914. The molecule has 118 valence electrons. The number of aryl methyl sites for hydroxylation is 3. The smallest absolute Gasteiger partial charge is 0.233 e. The maximum absolute atomic E-state index is 12.7. The number of nitrogens with one attached hydrogen (secondary N) is 2. The summed E-state index contributed by atoms with van der Waals surface area (Å²) in [5, 5.41) is 15.6. The first kappa shape index (κ1) is 14.0. The average molecular weight is 309 g/mol. The summed E-state index contributed by atoms with van der Waals surface area (Å²) in [5.74, 6) is 0.581. The zero-order valence-corrected chi connectivity index (χ0v) is 13.3. The Labute approximate surface area is 133 Å². The monoisotopic (exact) mass is 309 g/mol. The van der Waals surface area contributed by atoms with Crippen LogP contribution in [-0.4, -0.2) is 25.9 Å². The van der Waals surface area contributed by atoms with Crippen LogP contribution in [0, 0.1) is 0 Å². The number of carbonyl (C=O) groups excluding carboxylic acids is 1. The summed E-state index contributed by atoms with van der Waals surface area (Å²) < 4.78 is 1.74. The Bertz CT molecular complexity index is 892. The van der Waals surface area contributed by atoms with Gasteiger partial charge in [0.2, 0.25) is 5.91 Å². The predicted molar refractivity (Wildman–Crippen MR) is 88.4 cm³/mol. The molecular formula is C17H19N5O. The molecule has 1 aliphatic carbocycles. The lowest BCUT2D eigenvalue weighted by Gasteiger charge is -2.11. The lowest BCUT2D eigenvalue weighted by Crippen LogP contribution is -2.19. The highest BCUT2D eigenvalue weighted by atomic mass is 16.2. The first-order chi connectivity index (χ1) is 11.2. The predicted octanol–water partition coefficient (Wildman–Crippen LogP) is 2.53. The molecule has 0 fully saturated rings. The maximum Gasteiger partial charge on any atom is 0.233 e. The van der Waals surface area contributed by atoms with Crippen LogP contribution in [-0.2, 0) is 24.7 Å². The highest BCUT2D eigenvalue weighted by Crippen LogP contribution is 2.34. The van der Waals surface area contributed by atoms with Gasteiger partial charge in [0.15, 0.2) is 5.65 Å². The van der Waals surface area contributed by atoms with E-state index in [0.717, 1.165) is 41.6 Å². The van der Waals surface area contributed by atoms with Gasteiger partial charge in [0, 0.05) is 7.05 Å². The number of aromatic amines is 1. The van der Waals surface area contributed by atoms with Crippen molar-refractivity contribution in [2.75, 3.05) is 5.32 Å². The fourth-order valence-corrected chi connectivity index (χ4v) is 3.50. The van der Waals surface area contributed by atoms with Crippen LogP contribution in [0.3, 0.4) is 0 Å². The molecule has 1 aliphatic rings. The van der Waals surface area contributed by atoms with Crippen LogP contribution in [0.25, 0.3) is 11.0 Å². The van der Waals surface area contributed by atoms with Gasteiger partial charge in [-0.25, -0.2) is 4.68 Å². The van der Waals surface area contributed by atoms with E-state index in [2.05, 4.69) is 32.7 Å². The molecule has 1 amide bonds. The first-order valence-electron chi connectivity index (χ1n) is 7.97. The minimum absolute atomic E-state index is 0.0198. The number of fused-ring (bicyclic) bond motifs is 2. The van der Waals surface area contributed by atoms with Crippen LogP contribution in [0.15, 0.2) is 24.3 Å². The van der Waals surface area contributed by atoms with Gasteiger partial charge in [-0.2, -0.15) is 10.2 Å². The van der Waals surface area contributed by atoms with E-state index in [1.54, 1.807) is 4.68 Å². The highest BCUT2D eigenvalue weighted by Gasteiger charge is 2.29. The van der Waals surface area contributed by atoms with Gasteiger partial charge in [-0.05, 0) is 30.4 Å². The van der Waals surface area contributed by atoms with Gasteiger partial charge in [0.25, 0.3) is 0 Å². The second-order valence-corrected chi connectivity index (χ2v) is 6.00. The molecule has 4 rings (SSSR count). The lowest BCUT2D eigenvalue weighted by atomic mass is 10.0. The Kier molecular flexibility index (Phi) is 3.18. The van der Waals surface area contributed by atoms with E-state index in [1.807, 2.05) is 26.1 Å². The maximum atomic E-state index is 12.7. The fraction of sp³-hybridized carbons (Fsp3) is 0.353. The van der Waals surface area contributed by atoms with Gasteiger partial charge in [-0.3, -0.25) is 9.89 Å². The van der Waals surface area contributed by atoms with Crippen LogP contribution in [0.1, 0.15) is 36.1 Å². The van der Waals surface area contributed by atoms with Gasteiger partial charge < -0.3 is 5.32 Å². The number of nitrogens with zero attached hydrogens (tertiary/aromatic N) is 3. The summed E-state index contributed by atoms with van der Waals surface area (Å²) in [5.41, 5.74) is 4.13. The van der Waals surface area contributed by atoms with Crippen molar-refractivity contribution in [2.24, 2.45) is 7.05 Å². The molecular weight excluding hydrogens is 290 g/mol. The Morgan fingerprint density at radius 2 is 2.26 bits per heavy atom. The van der Waals surface area contributed by atoms with Crippen molar-refractivity contribution < 1.29 is 4.79 Å². The van der Waals surface area contributed by atoms with Crippen LogP contribution in [0.5, 0.6) is 0 Å². The van der Waals surface area contributed by atoms with Gasteiger partial charge in [-0.1, -0.05) is 31.2 Å². The highest BCUT2D eigenvalue weighted by molar-refractivity contribution is 6.02. The summed E-state index contributed by atoms with van der Waals surface area (Å²) in [4.78, 5) is 12.7. The number of rotatable bonds is 3. The molecule has 0 bridgehead atoms. The second-order valence-electron chi connectivity index (χ2n) is 6.00. The largest absolute Gasteiger partial charge is 0.310 e. The average Bonchev–Trinajstić information content (AvgIpc) is 3.23. The quantitative estimate of drug-likeness (QED) is 0.780. The number of hydrogen-bond acceptors (Lipinski definition) is 3. The number of anilines is 1. The molecule has 2 heterocycles. The number of H-pyrrole nitrogens is 1. The van der Waals surface area contributed by atoms with Gasteiger partial charge in [0.1, 0.15) is 5.82 Å². The Morgan fingerprint density at radius 3 is 3.09 bits per heavy atom. The van der Waals surface area contributed by atoms with Crippen LogP contribution in [0.2, 0.25) is 0 Å². The van der Waals surface area contributed by atoms with Gasteiger partial charge in [-0.15, -0.1) is 0 Å². The third kappa shape index (κ3) is 2.13. The topological polar surface area (TPSA) is 75.6 Å². The van der Waals surface area contributed by atoms with Crippen LogP contribution >= 0.6 is 0 Å². The van der Waals surface area contributed by atoms with Crippen LogP contribution < -0.4 is 5.32 Å². The molecule has 1 aromatic carbocycles. The van der Waals surface area contributed by atoms with Crippen molar-refractivity contribution in [3.05, 3.63) is 41.1 Å². The van der Waals surface area contributed by atoms with E-state index in [4.69, 9.17) is 0 Å². The molecule has 6 nitrogen and oxygen atoms in total. The lowest BCUT2D eigenvalue weighted by molar-refractivity contribution is -0.117. The Morgan fingerprint density at radius 1 is 1.43 bits per heavy atom. The molecule has 0 radical (unpaired) electrons. The summed E-state index contributed by atoms with van der Waals surface area (Å²) in [6.07, 6.45) is 2.61. The van der Waals surface area contributed by atoms with Crippen molar-refractivity contribution in [2.45, 2.75) is 32.1 Å². The second kappa shape index (κ2) is 5.22. The SMILES string of the molecule is CCc1nn(C)c2n[nH]c(NC(=O)C3CCc4ccccc43)c12. The minimum Gasteiger partial charge on any atom is -0.310 e. The van der Waals surface area contributed by atoms with Gasteiger partial charge >= 0.3 is 0 Å². The van der Waals surface area contributed by atoms with E-state index >= 15 is 0 Å². The van der Waals surface area contributed by atoms with E-state index < -0.39 is 0 Å². The molecule has 23 heavy (non-hydrogen) atoms. The molecule has 1 atom stereocenters. The molecule has 0 spiro atoms. The van der Waals surface area contributed by atoms with Crippen molar-refractivity contribution in [1.29, 1.82) is 0 Å². The number of amides is 1.